The van der Waals surface area contributed by atoms with Gasteiger partial charge in [-0.3, -0.25) is 4.90 Å². The van der Waals surface area contributed by atoms with Gasteiger partial charge in [-0.1, -0.05) is 12.1 Å². The van der Waals surface area contributed by atoms with Crippen LogP contribution in [0.3, 0.4) is 0 Å². The zero-order valence-corrected chi connectivity index (χ0v) is 17.3. The van der Waals surface area contributed by atoms with Crippen molar-refractivity contribution in [3.05, 3.63) is 29.8 Å². The lowest BCUT2D eigenvalue weighted by molar-refractivity contribution is 0.116. The second-order valence-corrected chi connectivity index (χ2v) is 8.77. The Hall–Kier alpha value is -1.18. The maximum Gasteiger partial charge on any atom is 0.0642 e. The molecule has 4 rings (SSSR count). The van der Waals surface area contributed by atoms with Crippen LogP contribution in [0.25, 0.3) is 0 Å². The predicted molar refractivity (Wildman–Crippen MR) is 113 cm³/mol. The van der Waals surface area contributed by atoms with Crippen molar-refractivity contribution < 1.29 is 9.84 Å². The number of hydrogen-bond acceptors (Lipinski definition) is 6. The number of benzene rings is 1. The zero-order chi connectivity index (χ0) is 19.3. The number of aliphatic hydroxyl groups excluding tert-OH is 1. The van der Waals surface area contributed by atoms with Crippen molar-refractivity contribution >= 4 is 5.69 Å². The van der Waals surface area contributed by atoms with E-state index in [-0.39, 0.29) is 0 Å². The van der Waals surface area contributed by atoms with E-state index in [1.165, 1.54) is 11.3 Å². The average Bonchev–Trinajstić information content (AvgIpc) is 3.11. The molecule has 3 aliphatic rings. The minimum Gasteiger partial charge on any atom is -0.396 e. The van der Waals surface area contributed by atoms with Crippen LogP contribution in [0.5, 0.6) is 0 Å². The Morgan fingerprint density at radius 2 is 1.71 bits per heavy atom. The number of anilines is 1. The largest absolute Gasteiger partial charge is 0.396 e. The summed E-state index contributed by atoms with van der Waals surface area (Å²) in [6, 6.07) is 8.98. The Morgan fingerprint density at radius 3 is 2.46 bits per heavy atom. The van der Waals surface area contributed by atoms with Crippen molar-refractivity contribution in [1.29, 1.82) is 0 Å². The number of morpholine rings is 1. The van der Waals surface area contributed by atoms with Crippen molar-refractivity contribution in [1.82, 2.24) is 14.7 Å². The minimum absolute atomic E-state index is 0.308. The van der Waals surface area contributed by atoms with Gasteiger partial charge >= 0.3 is 0 Å². The molecule has 156 valence electrons. The molecule has 0 aliphatic carbocycles. The lowest BCUT2D eigenvalue weighted by Gasteiger charge is -2.34. The first kappa shape index (κ1) is 20.1. The van der Waals surface area contributed by atoms with Gasteiger partial charge in [0.2, 0.25) is 0 Å². The number of piperazine rings is 1. The quantitative estimate of drug-likeness (QED) is 0.778. The summed E-state index contributed by atoms with van der Waals surface area (Å²) in [5.41, 5.74) is 2.69. The molecule has 1 N–H and O–H groups in total. The molecule has 0 amide bonds. The highest BCUT2D eigenvalue weighted by Gasteiger charge is 2.33. The van der Waals surface area contributed by atoms with Crippen molar-refractivity contribution in [3.63, 3.8) is 0 Å². The molecule has 3 aliphatic heterocycles. The standard InChI is InChI=1S/C22H36N4O2/c1-23-5-7-24(8-6-23)15-20-16-25(17-21(20)18-27)14-19-3-2-4-22(13-19)26-9-11-28-12-10-26/h2-4,13,20-21,27H,5-12,14-18H2,1H3/t20-,21-/m1/s1. The summed E-state index contributed by atoms with van der Waals surface area (Å²) in [5, 5.41) is 9.93. The Bertz CT molecular complexity index is 614. The number of ether oxygens (including phenoxy) is 1. The van der Waals surface area contributed by atoms with Gasteiger partial charge < -0.3 is 24.5 Å². The van der Waals surface area contributed by atoms with Crippen LogP contribution in [0.2, 0.25) is 0 Å². The molecule has 2 atom stereocenters. The summed E-state index contributed by atoms with van der Waals surface area (Å²) in [4.78, 5) is 9.96. The van der Waals surface area contributed by atoms with E-state index in [0.29, 0.717) is 18.4 Å². The summed E-state index contributed by atoms with van der Waals surface area (Å²) < 4.78 is 5.48. The fourth-order valence-corrected chi connectivity index (χ4v) is 4.87. The predicted octanol–water partition coefficient (Wildman–Crippen LogP) is 0.811. The van der Waals surface area contributed by atoms with E-state index in [2.05, 4.69) is 50.9 Å². The van der Waals surface area contributed by atoms with E-state index in [9.17, 15) is 5.11 Å². The normalized spacial score (nSPS) is 28.1. The topological polar surface area (TPSA) is 42.4 Å². The second kappa shape index (κ2) is 9.55. The number of hydrogen-bond donors (Lipinski definition) is 1. The average molecular weight is 389 g/mol. The van der Waals surface area contributed by atoms with Gasteiger partial charge in [0.05, 0.1) is 13.2 Å². The van der Waals surface area contributed by atoms with Crippen LogP contribution in [0.15, 0.2) is 24.3 Å². The molecule has 0 bridgehead atoms. The second-order valence-electron chi connectivity index (χ2n) is 8.77. The molecule has 6 nitrogen and oxygen atoms in total. The summed E-state index contributed by atoms with van der Waals surface area (Å²) in [6.07, 6.45) is 0. The first-order valence-electron chi connectivity index (χ1n) is 10.9. The van der Waals surface area contributed by atoms with E-state index in [1.54, 1.807) is 0 Å². The van der Waals surface area contributed by atoms with E-state index in [4.69, 9.17) is 4.74 Å². The van der Waals surface area contributed by atoms with E-state index < -0.39 is 0 Å². The van der Waals surface area contributed by atoms with Gasteiger partial charge in [0.1, 0.15) is 0 Å². The van der Waals surface area contributed by atoms with Gasteiger partial charge in [-0.2, -0.15) is 0 Å². The third-order valence-electron chi connectivity index (χ3n) is 6.67. The maximum absolute atomic E-state index is 9.93. The van der Waals surface area contributed by atoms with Gasteiger partial charge in [-0.05, 0) is 36.6 Å². The molecular formula is C22H36N4O2. The highest BCUT2D eigenvalue weighted by Crippen LogP contribution is 2.27. The third-order valence-corrected chi connectivity index (χ3v) is 6.67. The zero-order valence-electron chi connectivity index (χ0n) is 17.3. The molecule has 3 saturated heterocycles. The fraction of sp³-hybridized carbons (Fsp3) is 0.727. The molecule has 0 aromatic heterocycles. The SMILES string of the molecule is CN1CCN(C[C@@H]2CN(Cc3cccc(N4CCOCC4)c3)C[C@@H]2CO)CC1. The van der Waals surface area contributed by atoms with Crippen molar-refractivity contribution in [2.24, 2.45) is 11.8 Å². The Balaban J connectivity index is 1.33. The van der Waals surface area contributed by atoms with Gasteiger partial charge in [0, 0.05) is 77.7 Å². The maximum atomic E-state index is 9.93. The van der Waals surface area contributed by atoms with Crippen LogP contribution in [0, 0.1) is 11.8 Å². The van der Waals surface area contributed by atoms with Crippen LogP contribution < -0.4 is 4.90 Å². The molecule has 0 spiro atoms. The molecule has 0 saturated carbocycles. The first-order valence-corrected chi connectivity index (χ1v) is 10.9. The number of aliphatic hydroxyl groups is 1. The monoisotopic (exact) mass is 388 g/mol. The summed E-state index contributed by atoms with van der Waals surface area (Å²) >= 11 is 0. The smallest absolute Gasteiger partial charge is 0.0642 e. The number of likely N-dealkylation sites (N-methyl/N-ethyl adjacent to an activating group) is 1. The molecule has 1 aromatic rings. The van der Waals surface area contributed by atoms with E-state index in [1.807, 2.05) is 0 Å². The first-order chi connectivity index (χ1) is 13.7. The summed E-state index contributed by atoms with van der Waals surface area (Å²) in [5.74, 6) is 0.984. The van der Waals surface area contributed by atoms with Crippen molar-refractivity contribution in [2.45, 2.75) is 6.54 Å². The van der Waals surface area contributed by atoms with E-state index >= 15 is 0 Å². The Kier molecular flexibility index (Phi) is 6.86. The molecule has 3 fully saturated rings. The number of rotatable bonds is 6. The number of nitrogens with zero attached hydrogens (tertiary/aromatic N) is 4. The molecule has 3 heterocycles. The van der Waals surface area contributed by atoms with Crippen molar-refractivity contribution in [2.75, 3.05) is 90.7 Å². The summed E-state index contributed by atoms with van der Waals surface area (Å²) in [7, 11) is 2.20. The highest BCUT2D eigenvalue weighted by atomic mass is 16.5. The Labute approximate surface area is 169 Å². The third kappa shape index (κ3) is 5.05. The lowest BCUT2D eigenvalue weighted by Crippen LogP contribution is -2.47. The van der Waals surface area contributed by atoms with Crippen LogP contribution in [-0.2, 0) is 11.3 Å². The Morgan fingerprint density at radius 1 is 0.964 bits per heavy atom. The van der Waals surface area contributed by atoms with Crippen LogP contribution in [-0.4, -0.2) is 106 Å². The number of likely N-dealkylation sites (tertiary alicyclic amines) is 1. The highest BCUT2D eigenvalue weighted by molar-refractivity contribution is 5.49. The van der Waals surface area contributed by atoms with Crippen molar-refractivity contribution in [3.8, 4) is 0 Å². The molecule has 28 heavy (non-hydrogen) atoms. The van der Waals surface area contributed by atoms with Gasteiger partial charge in [-0.25, -0.2) is 0 Å². The van der Waals surface area contributed by atoms with Crippen LogP contribution >= 0.6 is 0 Å². The summed E-state index contributed by atoms with van der Waals surface area (Å²) in [6.45, 7) is 12.8. The molecular weight excluding hydrogens is 352 g/mol. The van der Waals surface area contributed by atoms with Crippen LogP contribution in [0.1, 0.15) is 5.56 Å². The molecule has 0 radical (unpaired) electrons. The fourth-order valence-electron chi connectivity index (χ4n) is 4.87. The molecule has 0 unspecified atom stereocenters. The minimum atomic E-state index is 0.308. The van der Waals surface area contributed by atoms with Gasteiger partial charge in [0.15, 0.2) is 0 Å². The lowest BCUT2D eigenvalue weighted by atomic mass is 9.96. The molecule has 1 aromatic carbocycles. The molecule has 6 heteroatoms. The van der Waals surface area contributed by atoms with E-state index in [0.717, 1.165) is 78.7 Å². The van der Waals surface area contributed by atoms with Gasteiger partial charge in [0.25, 0.3) is 0 Å². The van der Waals surface area contributed by atoms with Crippen LogP contribution in [0.4, 0.5) is 5.69 Å². The van der Waals surface area contributed by atoms with Gasteiger partial charge in [-0.15, -0.1) is 0 Å².